The van der Waals surface area contributed by atoms with Gasteiger partial charge in [-0.15, -0.1) is 0 Å². The van der Waals surface area contributed by atoms with Crippen LogP contribution in [0.15, 0.2) is 30.4 Å². The number of rotatable bonds is 9. The molecule has 162 valence electrons. The molecule has 0 unspecified atom stereocenters. The topological polar surface area (TPSA) is 40.6 Å². The number of aromatic nitrogens is 1. The fraction of sp³-hybridized carbons (Fsp3) is 0.682. The van der Waals surface area contributed by atoms with Gasteiger partial charge in [-0.25, -0.2) is 4.98 Å². The minimum absolute atomic E-state index is 0.509. The third-order valence-corrected chi connectivity index (χ3v) is 7.03. The largest absolute Gasteiger partial charge is 0.379 e. The van der Waals surface area contributed by atoms with Crippen molar-refractivity contribution in [2.75, 3.05) is 32.1 Å². The molecule has 7 heteroatoms. The van der Waals surface area contributed by atoms with Crippen molar-refractivity contribution in [1.29, 1.82) is 0 Å². The number of nitrogens with one attached hydrogen (secondary N) is 1. The molecule has 1 aliphatic carbocycles. The second kappa shape index (κ2) is 11.2. The van der Waals surface area contributed by atoms with Crippen LogP contribution in [0.2, 0.25) is 4.34 Å². The molecule has 2 heterocycles. The van der Waals surface area contributed by atoms with E-state index in [2.05, 4.69) is 39.7 Å². The van der Waals surface area contributed by atoms with Crippen LogP contribution in [0, 0.1) is 0 Å². The Balaban J connectivity index is 1.68. The zero-order valence-corrected chi connectivity index (χ0v) is 19.4. The standard InChI is InChI=1S/C22H35ClN4OS/c1-4-8-20(16-28-3)26-13-11-19(12-14-26)27(18-9-6-5-7-10-18)17(2)25-22-24-15-21(23)29-22/h8,15,18-19H,2,4-7,9-14,16H2,1,3H3,(H,24,25)/b20-8+. The van der Waals surface area contributed by atoms with Crippen LogP contribution in [0.5, 0.6) is 0 Å². The van der Waals surface area contributed by atoms with E-state index in [-0.39, 0.29) is 0 Å². The lowest BCUT2D eigenvalue weighted by Gasteiger charge is -2.46. The number of anilines is 1. The summed E-state index contributed by atoms with van der Waals surface area (Å²) in [5.74, 6) is 0.975. The minimum atomic E-state index is 0.509. The molecule has 0 bridgehead atoms. The fourth-order valence-corrected chi connectivity index (χ4v) is 5.52. The highest BCUT2D eigenvalue weighted by atomic mass is 35.5. The van der Waals surface area contributed by atoms with Gasteiger partial charge in [-0.3, -0.25) is 0 Å². The normalized spacial score (nSPS) is 19.4. The highest BCUT2D eigenvalue weighted by Crippen LogP contribution is 2.32. The number of halogens is 1. The smallest absolute Gasteiger partial charge is 0.189 e. The molecule has 3 rings (SSSR count). The van der Waals surface area contributed by atoms with Crippen LogP contribution in [0.1, 0.15) is 58.3 Å². The molecule has 0 aromatic carbocycles. The SMILES string of the molecule is C=C(Nc1ncc(Cl)s1)N(C1CCCCC1)C1CCN(/C(=C/CC)COC)CC1. The Hall–Kier alpha value is -1.24. The molecular formula is C22H35ClN4OS. The van der Waals surface area contributed by atoms with Crippen LogP contribution in [0.25, 0.3) is 0 Å². The van der Waals surface area contributed by atoms with Gasteiger partial charge in [0.15, 0.2) is 5.13 Å². The predicted molar refractivity (Wildman–Crippen MR) is 123 cm³/mol. The van der Waals surface area contributed by atoms with E-state index >= 15 is 0 Å². The van der Waals surface area contributed by atoms with Gasteiger partial charge in [-0.2, -0.15) is 0 Å². The van der Waals surface area contributed by atoms with Gasteiger partial charge in [-0.05, 0) is 32.1 Å². The first-order valence-corrected chi connectivity index (χ1v) is 12.1. The summed E-state index contributed by atoms with van der Waals surface area (Å²) < 4.78 is 6.12. The molecule has 29 heavy (non-hydrogen) atoms. The summed E-state index contributed by atoms with van der Waals surface area (Å²) in [5, 5.41) is 4.27. The summed E-state index contributed by atoms with van der Waals surface area (Å²) in [6.07, 6.45) is 13.8. The molecule has 1 aromatic rings. The molecule has 0 radical (unpaired) electrons. The number of thiazole rings is 1. The summed E-state index contributed by atoms with van der Waals surface area (Å²) in [5.41, 5.74) is 1.33. The summed E-state index contributed by atoms with van der Waals surface area (Å²) in [6, 6.07) is 1.08. The van der Waals surface area contributed by atoms with E-state index in [0.717, 1.165) is 43.3 Å². The fourth-order valence-electron chi connectivity index (χ4n) is 4.69. The summed E-state index contributed by atoms with van der Waals surface area (Å²) >= 11 is 7.54. The molecule has 1 aliphatic heterocycles. The van der Waals surface area contributed by atoms with Gasteiger partial charge < -0.3 is 19.9 Å². The molecule has 1 saturated heterocycles. The lowest BCUT2D eigenvalue weighted by atomic mass is 9.91. The number of allylic oxidation sites excluding steroid dienone is 1. The van der Waals surface area contributed by atoms with Gasteiger partial charge in [-0.1, -0.05) is 61.8 Å². The Labute approximate surface area is 184 Å². The lowest BCUT2D eigenvalue weighted by molar-refractivity contribution is 0.0910. The number of hydrogen-bond acceptors (Lipinski definition) is 6. The lowest BCUT2D eigenvalue weighted by Crippen LogP contribution is -2.50. The van der Waals surface area contributed by atoms with Crippen molar-refractivity contribution in [3.05, 3.63) is 34.7 Å². The van der Waals surface area contributed by atoms with Gasteiger partial charge in [0.05, 0.1) is 12.8 Å². The zero-order chi connectivity index (χ0) is 20.6. The van der Waals surface area contributed by atoms with Gasteiger partial charge in [0.1, 0.15) is 10.2 Å². The second-order valence-electron chi connectivity index (χ2n) is 8.00. The molecule has 0 spiro atoms. The molecule has 2 aliphatic rings. The second-order valence-corrected chi connectivity index (χ2v) is 9.66. The van der Waals surface area contributed by atoms with E-state index in [4.69, 9.17) is 16.3 Å². The van der Waals surface area contributed by atoms with Crippen LogP contribution in [0.3, 0.4) is 0 Å². The number of nitrogens with zero attached hydrogens (tertiary/aromatic N) is 3. The van der Waals surface area contributed by atoms with E-state index < -0.39 is 0 Å². The third kappa shape index (κ3) is 6.12. The van der Waals surface area contributed by atoms with Crippen LogP contribution in [0.4, 0.5) is 5.13 Å². The van der Waals surface area contributed by atoms with Crippen LogP contribution < -0.4 is 5.32 Å². The quantitative estimate of drug-likeness (QED) is 0.534. The number of ether oxygens (including phenoxy) is 1. The van der Waals surface area contributed by atoms with Crippen LogP contribution in [-0.2, 0) is 4.74 Å². The highest BCUT2D eigenvalue weighted by molar-refractivity contribution is 7.19. The molecule has 1 saturated carbocycles. The molecular weight excluding hydrogens is 404 g/mol. The van der Waals surface area contributed by atoms with E-state index in [9.17, 15) is 0 Å². The maximum atomic E-state index is 6.07. The Bertz CT molecular complexity index is 678. The van der Waals surface area contributed by atoms with Gasteiger partial charge >= 0.3 is 0 Å². The minimum Gasteiger partial charge on any atom is -0.379 e. The molecule has 5 nitrogen and oxygen atoms in total. The number of piperidine rings is 1. The average Bonchev–Trinajstić information content (AvgIpc) is 3.14. The number of hydrogen-bond donors (Lipinski definition) is 1. The molecule has 1 N–H and O–H groups in total. The van der Waals surface area contributed by atoms with Crippen molar-refractivity contribution in [1.82, 2.24) is 14.8 Å². The highest BCUT2D eigenvalue weighted by Gasteiger charge is 2.32. The van der Waals surface area contributed by atoms with E-state index in [1.807, 2.05) is 0 Å². The average molecular weight is 439 g/mol. The van der Waals surface area contributed by atoms with Gasteiger partial charge in [0.2, 0.25) is 0 Å². The van der Waals surface area contributed by atoms with Gasteiger partial charge in [0.25, 0.3) is 0 Å². The van der Waals surface area contributed by atoms with Crippen LogP contribution >= 0.6 is 22.9 Å². The summed E-state index contributed by atoms with van der Waals surface area (Å²) in [6.45, 7) is 9.44. The van der Waals surface area contributed by atoms with Crippen molar-refractivity contribution in [3.63, 3.8) is 0 Å². The van der Waals surface area contributed by atoms with E-state index in [1.54, 1.807) is 13.3 Å². The molecule has 2 fully saturated rings. The van der Waals surface area contributed by atoms with Gasteiger partial charge in [0, 0.05) is 38.0 Å². The molecule has 0 amide bonds. The van der Waals surface area contributed by atoms with Crippen molar-refractivity contribution in [3.8, 4) is 0 Å². The summed E-state index contributed by atoms with van der Waals surface area (Å²) in [7, 11) is 1.78. The number of likely N-dealkylation sites (tertiary alicyclic amines) is 1. The Kier molecular flexibility index (Phi) is 8.69. The van der Waals surface area contributed by atoms with Crippen molar-refractivity contribution >= 4 is 28.1 Å². The van der Waals surface area contributed by atoms with Crippen molar-refractivity contribution in [2.45, 2.75) is 70.4 Å². The molecule has 0 atom stereocenters. The summed E-state index contributed by atoms with van der Waals surface area (Å²) in [4.78, 5) is 9.44. The first-order valence-electron chi connectivity index (χ1n) is 10.9. The Morgan fingerprint density at radius 1 is 1.31 bits per heavy atom. The molecule has 1 aromatic heterocycles. The maximum absolute atomic E-state index is 6.07. The van der Waals surface area contributed by atoms with E-state index in [0.29, 0.717) is 23.0 Å². The zero-order valence-electron chi connectivity index (χ0n) is 17.8. The van der Waals surface area contributed by atoms with Crippen LogP contribution in [-0.4, -0.2) is 53.7 Å². The Morgan fingerprint density at radius 2 is 2.00 bits per heavy atom. The predicted octanol–water partition coefficient (Wildman–Crippen LogP) is 5.72. The number of methoxy groups -OCH3 is 1. The monoisotopic (exact) mass is 438 g/mol. The third-order valence-electron chi connectivity index (χ3n) is 6.00. The van der Waals surface area contributed by atoms with E-state index in [1.165, 1.54) is 49.1 Å². The first kappa shape index (κ1) is 22.4. The maximum Gasteiger partial charge on any atom is 0.189 e. The first-order chi connectivity index (χ1) is 14.1. The van der Waals surface area contributed by atoms with Crippen molar-refractivity contribution < 1.29 is 4.74 Å². The van der Waals surface area contributed by atoms with Crippen molar-refractivity contribution in [2.24, 2.45) is 0 Å². The Morgan fingerprint density at radius 3 is 2.59 bits per heavy atom.